The molecule has 156 valence electrons. The van der Waals surface area contributed by atoms with E-state index in [0.717, 1.165) is 11.8 Å². The van der Waals surface area contributed by atoms with Crippen molar-refractivity contribution in [2.45, 2.75) is 11.8 Å². The molecule has 0 unspecified atom stereocenters. The largest absolute Gasteiger partial charge is 0.476 e. The topological polar surface area (TPSA) is 119 Å². The Morgan fingerprint density at radius 1 is 1.21 bits per heavy atom. The fraction of sp³-hybridized carbons (Fsp3) is 0.333. The van der Waals surface area contributed by atoms with Crippen LogP contribution < -0.4 is 9.46 Å². The van der Waals surface area contributed by atoms with E-state index in [9.17, 15) is 18.0 Å². The van der Waals surface area contributed by atoms with Gasteiger partial charge in [-0.3, -0.25) is 14.3 Å². The van der Waals surface area contributed by atoms with Crippen LogP contribution in [0.1, 0.15) is 17.3 Å². The SMILES string of the molecule is CC(=O)SCC(=O)c1ccc(NS(=O)(=O)c2ccnc(OCCN(C)C)c2)nc1. The molecule has 2 aromatic rings. The number of ketones is 1. The summed E-state index contributed by atoms with van der Waals surface area (Å²) in [5.74, 6) is 0.00964. The minimum absolute atomic E-state index is 0.00962. The maximum Gasteiger partial charge on any atom is 0.263 e. The standard InChI is InChI=1S/C18H22N4O5S2/c1-13(23)28-12-16(24)14-4-5-17(20-11-14)21-29(25,26)15-6-7-19-18(10-15)27-9-8-22(2)3/h4-7,10-11H,8-9,12H2,1-3H3,(H,20,21). The van der Waals surface area contributed by atoms with Crippen molar-refractivity contribution in [2.24, 2.45) is 0 Å². The molecule has 0 saturated heterocycles. The maximum absolute atomic E-state index is 12.6. The van der Waals surface area contributed by atoms with E-state index in [-0.39, 0.29) is 33.2 Å². The molecular weight excluding hydrogens is 416 g/mol. The number of Topliss-reactive ketones (excluding diaryl/α,β-unsaturated/α-hetero) is 1. The van der Waals surface area contributed by atoms with E-state index < -0.39 is 10.0 Å². The number of hydrogen-bond donors (Lipinski definition) is 1. The van der Waals surface area contributed by atoms with Crippen molar-refractivity contribution in [1.82, 2.24) is 14.9 Å². The molecule has 9 nitrogen and oxygen atoms in total. The highest BCUT2D eigenvalue weighted by Crippen LogP contribution is 2.18. The zero-order valence-corrected chi connectivity index (χ0v) is 17.9. The van der Waals surface area contributed by atoms with Gasteiger partial charge in [0.1, 0.15) is 12.4 Å². The average Bonchev–Trinajstić information content (AvgIpc) is 2.66. The number of nitrogens with zero attached hydrogens (tertiary/aromatic N) is 3. The van der Waals surface area contributed by atoms with E-state index in [1.165, 1.54) is 43.6 Å². The van der Waals surface area contributed by atoms with E-state index in [2.05, 4.69) is 14.7 Å². The lowest BCUT2D eigenvalue weighted by molar-refractivity contribution is -0.109. The molecule has 29 heavy (non-hydrogen) atoms. The second-order valence-corrected chi connectivity index (χ2v) is 9.06. The second-order valence-electron chi connectivity index (χ2n) is 6.22. The second kappa shape index (κ2) is 10.3. The Balaban J connectivity index is 2.05. The van der Waals surface area contributed by atoms with Crippen LogP contribution in [0.5, 0.6) is 5.88 Å². The first-order valence-electron chi connectivity index (χ1n) is 8.56. The first-order valence-corrected chi connectivity index (χ1v) is 11.0. The molecule has 0 aliphatic carbocycles. The highest BCUT2D eigenvalue weighted by molar-refractivity contribution is 8.14. The third-order valence-corrected chi connectivity index (χ3v) is 5.70. The number of nitrogens with one attached hydrogen (secondary N) is 1. The summed E-state index contributed by atoms with van der Waals surface area (Å²) in [7, 11) is -0.112. The number of likely N-dealkylation sites (N-methyl/N-ethyl adjacent to an activating group) is 1. The number of carbonyl (C=O) groups excluding carboxylic acids is 2. The quantitative estimate of drug-likeness (QED) is 0.553. The first kappa shape index (κ1) is 22.8. The minimum atomic E-state index is -3.91. The molecule has 11 heteroatoms. The molecule has 2 aromatic heterocycles. The van der Waals surface area contributed by atoms with Crippen molar-refractivity contribution < 1.29 is 22.7 Å². The van der Waals surface area contributed by atoms with Crippen LogP contribution in [0.15, 0.2) is 41.6 Å². The van der Waals surface area contributed by atoms with Gasteiger partial charge in [-0.15, -0.1) is 0 Å². The summed E-state index contributed by atoms with van der Waals surface area (Å²) < 4.78 is 33.0. The molecule has 0 saturated carbocycles. The van der Waals surface area contributed by atoms with Crippen molar-refractivity contribution >= 4 is 38.5 Å². The van der Waals surface area contributed by atoms with Crippen molar-refractivity contribution in [3.05, 3.63) is 42.2 Å². The van der Waals surface area contributed by atoms with Crippen molar-refractivity contribution in [3.63, 3.8) is 0 Å². The molecule has 0 amide bonds. The fourth-order valence-electron chi connectivity index (χ4n) is 2.04. The van der Waals surface area contributed by atoms with Gasteiger partial charge in [-0.2, -0.15) is 0 Å². The summed E-state index contributed by atoms with van der Waals surface area (Å²) in [5.41, 5.74) is 0.294. The summed E-state index contributed by atoms with van der Waals surface area (Å²) in [6, 6.07) is 5.52. The van der Waals surface area contributed by atoms with Gasteiger partial charge in [0.15, 0.2) is 10.9 Å². The van der Waals surface area contributed by atoms with E-state index in [1.807, 2.05) is 19.0 Å². The Morgan fingerprint density at radius 2 is 1.97 bits per heavy atom. The number of ether oxygens (including phenoxy) is 1. The number of aromatic nitrogens is 2. The summed E-state index contributed by atoms with van der Waals surface area (Å²) >= 11 is 0.906. The molecule has 0 fully saturated rings. The van der Waals surface area contributed by atoms with Gasteiger partial charge in [-0.25, -0.2) is 18.4 Å². The zero-order chi connectivity index (χ0) is 21.4. The third kappa shape index (κ3) is 7.44. The average molecular weight is 439 g/mol. The number of carbonyl (C=O) groups is 2. The minimum Gasteiger partial charge on any atom is -0.476 e. The number of sulfonamides is 1. The van der Waals surface area contributed by atoms with Crippen LogP contribution in [0.2, 0.25) is 0 Å². The van der Waals surface area contributed by atoms with Crippen LogP contribution in [0.3, 0.4) is 0 Å². The molecule has 1 N–H and O–H groups in total. The molecule has 0 aromatic carbocycles. The van der Waals surface area contributed by atoms with E-state index in [4.69, 9.17) is 4.74 Å². The van der Waals surface area contributed by atoms with Gasteiger partial charge in [0.25, 0.3) is 10.0 Å². The normalized spacial score (nSPS) is 11.3. The molecule has 2 heterocycles. The Morgan fingerprint density at radius 3 is 2.59 bits per heavy atom. The van der Waals surface area contributed by atoms with Gasteiger partial charge in [0, 0.05) is 37.5 Å². The van der Waals surface area contributed by atoms with Gasteiger partial charge in [-0.05, 0) is 32.3 Å². The van der Waals surface area contributed by atoms with Gasteiger partial charge in [-0.1, -0.05) is 11.8 Å². The number of hydrogen-bond acceptors (Lipinski definition) is 9. The summed E-state index contributed by atoms with van der Waals surface area (Å²) in [6.45, 7) is 2.42. The van der Waals surface area contributed by atoms with Crippen LogP contribution in [0, 0.1) is 0 Å². The van der Waals surface area contributed by atoms with E-state index in [0.29, 0.717) is 18.7 Å². The Bertz CT molecular complexity index is 962. The number of pyridine rings is 2. The zero-order valence-electron chi connectivity index (χ0n) is 16.3. The molecule has 0 aliphatic heterocycles. The van der Waals surface area contributed by atoms with Crippen LogP contribution in [-0.2, 0) is 14.8 Å². The maximum atomic E-state index is 12.6. The molecule has 0 radical (unpaired) electrons. The highest BCUT2D eigenvalue weighted by atomic mass is 32.2. The van der Waals surface area contributed by atoms with Crippen molar-refractivity contribution in [1.29, 1.82) is 0 Å². The first-order chi connectivity index (χ1) is 13.7. The van der Waals surface area contributed by atoms with Crippen molar-refractivity contribution in [2.75, 3.05) is 37.7 Å². The molecule has 0 aliphatic rings. The molecular formula is C18H22N4O5S2. The molecule has 0 bridgehead atoms. The molecule has 0 spiro atoms. The van der Waals surface area contributed by atoms with E-state index >= 15 is 0 Å². The smallest absolute Gasteiger partial charge is 0.263 e. The lowest BCUT2D eigenvalue weighted by Crippen LogP contribution is -2.20. The lowest BCUT2D eigenvalue weighted by atomic mass is 10.2. The molecule has 0 atom stereocenters. The van der Waals surface area contributed by atoms with Crippen molar-refractivity contribution in [3.8, 4) is 5.88 Å². The van der Waals surface area contributed by atoms with Gasteiger partial charge >= 0.3 is 0 Å². The van der Waals surface area contributed by atoms with Gasteiger partial charge in [0.05, 0.1) is 10.6 Å². The Labute approximate surface area is 173 Å². The monoisotopic (exact) mass is 438 g/mol. The molecule has 2 rings (SSSR count). The summed E-state index contributed by atoms with van der Waals surface area (Å²) in [6.07, 6.45) is 2.62. The summed E-state index contributed by atoms with van der Waals surface area (Å²) in [5, 5.41) is -0.155. The van der Waals surface area contributed by atoms with Gasteiger partial charge < -0.3 is 9.64 Å². The predicted octanol–water partition coefficient (Wildman–Crippen LogP) is 1.68. The van der Waals surface area contributed by atoms with Gasteiger partial charge in [0.2, 0.25) is 5.88 Å². The third-order valence-electron chi connectivity index (χ3n) is 3.54. The number of rotatable bonds is 10. The van der Waals surface area contributed by atoms with Crippen LogP contribution in [0.25, 0.3) is 0 Å². The Hall–Kier alpha value is -2.50. The Kier molecular flexibility index (Phi) is 8.11. The van der Waals surface area contributed by atoms with Crippen LogP contribution in [-0.4, -0.2) is 67.2 Å². The van der Waals surface area contributed by atoms with Crippen LogP contribution in [0.4, 0.5) is 5.82 Å². The lowest BCUT2D eigenvalue weighted by Gasteiger charge is -2.11. The number of anilines is 1. The fourth-order valence-corrected chi connectivity index (χ4v) is 3.55. The number of thioether (sulfide) groups is 1. The highest BCUT2D eigenvalue weighted by Gasteiger charge is 2.17. The summed E-state index contributed by atoms with van der Waals surface area (Å²) in [4.78, 5) is 32.8. The van der Waals surface area contributed by atoms with Crippen LogP contribution >= 0.6 is 11.8 Å². The van der Waals surface area contributed by atoms with E-state index in [1.54, 1.807) is 0 Å². The predicted molar refractivity (Wildman–Crippen MR) is 111 cm³/mol.